The molecule has 1 amide bonds. The van der Waals surface area contributed by atoms with Crippen LogP contribution in [-0.4, -0.2) is 48.0 Å². The molecule has 182 valence electrons. The summed E-state index contributed by atoms with van der Waals surface area (Å²) in [5.41, 5.74) is 3.78. The molecule has 1 aromatic carbocycles. The van der Waals surface area contributed by atoms with Crippen molar-refractivity contribution in [1.82, 2.24) is 29.0 Å². The molecule has 1 aliphatic rings. The van der Waals surface area contributed by atoms with Gasteiger partial charge in [0.15, 0.2) is 5.65 Å². The highest BCUT2D eigenvalue weighted by molar-refractivity contribution is 7.17. The van der Waals surface area contributed by atoms with Gasteiger partial charge in [-0.05, 0) is 37.5 Å². The van der Waals surface area contributed by atoms with Gasteiger partial charge in [0.1, 0.15) is 10.7 Å². The maximum Gasteiger partial charge on any atom is 0.262 e. The van der Waals surface area contributed by atoms with Crippen LogP contribution in [0, 0.1) is 6.92 Å². The molecule has 1 saturated heterocycles. The molecule has 4 aromatic heterocycles. The minimum atomic E-state index is -0.101. The number of fused-ring (bicyclic) bond motifs is 2. The third-order valence-corrected chi connectivity index (χ3v) is 7.86. The van der Waals surface area contributed by atoms with E-state index in [1.54, 1.807) is 10.9 Å². The van der Waals surface area contributed by atoms with Gasteiger partial charge in [0.2, 0.25) is 5.91 Å². The third kappa shape index (κ3) is 4.09. The van der Waals surface area contributed by atoms with Crippen molar-refractivity contribution in [1.29, 1.82) is 0 Å². The molecule has 5 heterocycles. The van der Waals surface area contributed by atoms with Crippen LogP contribution in [0.2, 0.25) is 0 Å². The van der Waals surface area contributed by atoms with Gasteiger partial charge >= 0.3 is 0 Å². The summed E-state index contributed by atoms with van der Waals surface area (Å²) in [4.78, 5) is 33.6. The fraction of sp³-hybridized carbons (Fsp3) is 0.296. The summed E-state index contributed by atoms with van der Waals surface area (Å²) in [6.07, 6.45) is 5.68. The van der Waals surface area contributed by atoms with Crippen LogP contribution in [0.5, 0.6) is 0 Å². The van der Waals surface area contributed by atoms with Gasteiger partial charge in [-0.3, -0.25) is 18.6 Å². The van der Waals surface area contributed by atoms with E-state index in [2.05, 4.69) is 15.2 Å². The number of likely N-dealkylation sites (tertiary alicyclic amines) is 1. The second-order valence-electron chi connectivity index (χ2n) is 9.35. The Morgan fingerprint density at radius 3 is 2.86 bits per heavy atom. The number of piperidine rings is 1. The number of carbonyl (C=O) groups is 1. The van der Waals surface area contributed by atoms with Crippen LogP contribution in [0.3, 0.4) is 0 Å². The average molecular weight is 499 g/mol. The molecule has 0 aliphatic carbocycles. The van der Waals surface area contributed by atoms with Gasteiger partial charge in [-0.1, -0.05) is 35.9 Å². The van der Waals surface area contributed by atoms with Crippen LogP contribution >= 0.6 is 11.3 Å². The van der Waals surface area contributed by atoms with Crippen molar-refractivity contribution in [2.24, 2.45) is 0 Å². The number of nitrogens with zero attached hydrogens (tertiary/aromatic N) is 6. The quantitative estimate of drug-likeness (QED) is 0.361. The number of hydrogen-bond donors (Lipinski definition) is 0. The van der Waals surface area contributed by atoms with E-state index in [1.165, 1.54) is 16.9 Å². The van der Waals surface area contributed by atoms with Crippen molar-refractivity contribution in [3.8, 4) is 11.1 Å². The van der Waals surface area contributed by atoms with Crippen LogP contribution in [0.15, 0.2) is 65.2 Å². The summed E-state index contributed by atoms with van der Waals surface area (Å²) in [6, 6.07) is 14.0. The molecule has 0 bridgehead atoms. The Morgan fingerprint density at radius 2 is 2.00 bits per heavy atom. The van der Waals surface area contributed by atoms with Crippen LogP contribution in [0.25, 0.3) is 27.0 Å². The number of carbonyl (C=O) groups excluding carboxylic acids is 1. The predicted octanol–water partition coefficient (Wildman–Crippen LogP) is 4.27. The maximum atomic E-state index is 13.4. The van der Waals surface area contributed by atoms with E-state index in [0.29, 0.717) is 18.5 Å². The molecule has 0 N–H and O–H groups in total. The van der Waals surface area contributed by atoms with E-state index in [-0.39, 0.29) is 23.8 Å². The summed E-state index contributed by atoms with van der Waals surface area (Å²) in [6.45, 7) is 3.68. The first-order valence-electron chi connectivity index (χ1n) is 12.2. The number of benzene rings is 1. The molecule has 0 radical (unpaired) electrons. The molecule has 0 saturated carbocycles. The number of amides is 1. The Kier molecular flexibility index (Phi) is 5.85. The lowest BCUT2D eigenvalue weighted by Crippen LogP contribution is -2.40. The van der Waals surface area contributed by atoms with E-state index in [9.17, 15) is 9.59 Å². The van der Waals surface area contributed by atoms with Crippen molar-refractivity contribution in [2.75, 3.05) is 13.1 Å². The lowest BCUT2D eigenvalue weighted by atomic mass is 9.97. The Morgan fingerprint density at radius 1 is 1.14 bits per heavy atom. The molecule has 6 rings (SSSR count). The highest BCUT2D eigenvalue weighted by Crippen LogP contribution is 2.31. The van der Waals surface area contributed by atoms with Crippen molar-refractivity contribution in [3.05, 3.63) is 82.1 Å². The summed E-state index contributed by atoms with van der Waals surface area (Å²) in [7, 11) is 0. The molecule has 1 unspecified atom stereocenters. The van der Waals surface area contributed by atoms with Crippen molar-refractivity contribution in [3.63, 3.8) is 0 Å². The molecular weight excluding hydrogens is 472 g/mol. The molecule has 1 aliphatic heterocycles. The Bertz CT molecular complexity index is 1620. The van der Waals surface area contributed by atoms with Gasteiger partial charge in [-0.15, -0.1) is 21.5 Å². The molecule has 9 heteroatoms. The van der Waals surface area contributed by atoms with E-state index in [4.69, 9.17) is 0 Å². The highest BCUT2D eigenvalue weighted by atomic mass is 32.1. The molecule has 36 heavy (non-hydrogen) atoms. The number of aromatic nitrogens is 5. The van der Waals surface area contributed by atoms with Gasteiger partial charge in [0.05, 0.1) is 11.7 Å². The fourth-order valence-corrected chi connectivity index (χ4v) is 5.91. The monoisotopic (exact) mass is 498 g/mol. The standard InChI is InChI=1S/C27H26N6O2S/c1-18-7-9-19(10-8-18)21-16-36-26-24(21)27(35)32(17-28-26)14-11-23(34)31-12-4-5-20(15-31)25-30-29-22-6-2-3-13-33(22)25/h2-3,6-10,13,16-17,20H,4-5,11-12,14-15H2,1H3. The first kappa shape index (κ1) is 22.6. The number of aryl methyl sites for hydroxylation is 2. The normalized spacial score (nSPS) is 16.1. The number of rotatable bonds is 5. The van der Waals surface area contributed by atoms with E-state index in [1.807, 2.05) is 70.3 Å². The molecule has 1 fully saturated rings. The zero-order chi connectivity index (χ0) is 24.6. The third-order valence-electron chi connectivity index (χ3n) is 6.97. The summed E-state index contributed by atoms with van der Waals surface area (Å²) < 4.78 is 3.57. The van der Waals surface area contributed by atoms with Gasteiger partial charge in [0.25, 0.3) is 5.56 Å². The Labute approximate surface area is 211 Å². The topological polar surface area (TPSA) is 85.4 Å². The lowest BCUT2D eigenvalue weighted by Gasteiger charge is -2.32. The minimum absolute atomic E-state index is 0.0459. The molecule has 0 spiro atoms. The maximum absolute atomic E-state index is 13.4. The smallest absolute Gasteiger partial charge is 0.262 e. The van der Waals surface area contributed by atoms with Crippen LogP contribution < -0.4 is 5.56 Å². The SMILES string of the molecule is Cc1ccc(-c2csc3ncn(CCC(=O)N4CCCC(c5nnc6ccccn56)C4)c(=O)c23)cc1. The van der Waals surface area contributed by atoms with Gasteiger partial charge in [-0.2, -0.15) is 0 Å². The second-order valence-corrected chi connectivity index (χ2v) is 10.2. The minimum Gasteiger partial charge on any atom is -0.342 e. The Balaban J connectivity index is 1.18. The van der Waals surface area contributed by atoms with Crippen molar-refractivity contribution >= 4 is 33.1 Å². The summed E-state index contributed by atoms with van der Waals surface area (Å²) in [5, 5.41) is 11.3. The van der Waals surface area contributed by atoms with Gasteiger partial charge < -0.3 is 4.90 Å². The molecular formula is C27H26N6O2S. The fourth-order valence-electron chi connectivity index (χ4n) is 5.00. The average Bonchev–Trinajstić information content (AvgIpc) is 3.54. The second kappa shape index (κ2) is 9.31. The molecule has 5 aromatic rings. The van der Waals surface area contributed by atoms with Gasteiger partial charge in [-0.25, -0.2) is 4.98 Å². The first-order valence-corrected chi connectivity index (χ1v) is 13.1. The summed E-state index contributed by atoms with van der Waals surface area (Å²) >= 11 is 1.47. The van der Waals surface area contributed by atoms with Crippen LogP contribution in [0.4, 0.5) is 0 Å². The predicted molar refractivity (Wildman–Crippen MR) is 140 cm³/mol. The van der Waals surface area contributed by atoms with Crippen LogP contribution in [-0.2, 0) is 11.3 Å². The number of thiophene rings is 1. The highest BCUT2D eigenvalue weighted by Gasteiger charge is 2.28. The van der Waals surface area contributed by atoms with Gasteiger partial charge in [0, 0.05) is 49.1 Å². The molecule has 1 atom stereocenters. The summed E-state index contributed by atoms with van der Waals surface area (Å²) in [5.74, 6) is 1.09. The van der Waals surface area contributed by atoms with E-state index >= 15 is 0 Å². The Hall–Kier alpha value is -3.85. The molecule has 8 nitrogen and oxygen atoms in total. The largest absolute Gasteiger partial charge is 0.342 e. The van der Waals surface area contributed by atoms with Crippen LogP contribution in [0.1, 0.15) is 36.6 Å². The van der Waals surface area contributed by atoms with E-state index < -0.39 is 0 Å². The van der Waals surface area contributed by atoms with Crippen molar-refractivity contribution in [2.45, 2.75) is 38.6 Å². The van der Waals surface area contributed by atoms with Crippen molar-refractivity contribution < 1.29 is 4.79 Å². The number of hydrogen-bond acceptors (Lipinski definition) is 6. The first-order chi connectivity index (χ1) is 17.6. The zero-order valence-electron chi connectivity index (χ0n) is 20.0. The number of pyridine rings is 1. The lowest BCUT2D eigenvalue weighted by molar-refractivity contribution is -0.132. The zero-order valence-corrected chi connectivity index (χ0v) is 20.8. The van der Waals surface area contributed by atoms with E-state index in [0.717, 1.165) is 46.8 Å².